The highest BCUT2D eigenvalue weighted by Crippen LogP contribution is 2.42. The first-order chi connectivity index (χ1) is 11.6. The van der Waals surface area contributed by atoms with Crippen molar-refractivity contribution in [2.75, 3.05) is 6.26 Å². The number of halogens is 1. The smallest absolute Gasteiger partial charge is 0.375 e. The van der Waals surface area contributed by atoms with Gasteiger partial charge in [-0.25, -0.2) is 13.2 Å². The van der Waals surface area contributed by atoms with Crippen LogP contribution in [-0.2, 0) is 19.4 Å². The Bertz CT molecular complexity index is 969. The van der Waals surface area contributed by atoms with Crippen LogP contribution in [0.2, 0.25) is 0 Å². The summed E-state index contributed by atoms with van der Waals surface area (Å²) in [5, 5.41) is 1.84. The van der Waals surface area contributed by atoms with Crippen LogP contribution in [0.4, 0.5) is 0 Å². The monoisotopic (exact) mass is 442 g/mol. The van der Waals surface area contributed by atoms with Gasteiger partial charge in [0.15, 0.2) is 15.6 Å². The summed E-state index contributed by atoms with van der Waals surface area (Å²) >= 11 is 4.82. The molecule has 2 aromatic rings. The average Bonchev–Trinajstić information content (AvgIpc) is 2.99. The summed E-state index contributed by atoms with van der Waals surface area (Å²) < 4.78 is 35.3. The van der Waals surface area contributed by atoms with E-state index in [2.05, 4.69) is 15.9 Å². The molecule has 8 heteroatoms. The van der Waals surface area contributed by atoms with Crippen molar-refractivity contribution in [2.24, 2.45) is 0 Å². The number of carbonyl (C=O) groups is 1. The molecular weight excluding hydrogens is 428 g/mol. The highest BCUT2D eigenvalue weighted by atomic mass is 79.9. The molecule has 132 valence electrons. The molecule has 0 spiro atoms. The lowest BCUT2D eigenvalue weighted by atomic mass is 9.92. The van der Waals surface area contributed by atoms with Gasteiger partial charge in [-0.15, -0.1) is 11.3 Å². The molecule has 0 saturated heterocycles. The van der Waals surface area contributed by atoms with Gasteiger partial charge in [-0.2, -0.15) is 0 Å². The number of sulfone groups is 1. The standard InChI is InChI=1S/C17H15BrO5S2/c1-17(2)13(10-4-6-11(7-5-10)25(3,20)21)14(16(19)23-17)22-12-8-9-24-15(12)18/h4-9H,1-3H3. The third-order valence-corrected chi connectivity index (χ3v) is 6.49. The van der Waals surface area contributed by atoms with Gasteiger partial charge >= 0.3 is 5.97 Å². The maximum atomic E-state index is 12.3. The number of hydrogen-bond donors (Lipinski definition) is 0. The molecule has 3 rings (SSSR count). The number of carbonyl (C=O) groups excluding carboxylic acids is 1. The van der Waals surface area contributed by atoms with E-state index >= 15 is 0 Å². The average molecular weight is 443 g/mol. The van der Waals surface area contributed by atoms with Gasteiger partial charge in [0.2, 0.25) is 5.76 Å². The topological polar surface area (TPSA) is 69.7 Å². The number of rotatable bonds is 4. The number of benzene rings is 1. The van der Waals surface area contributed by atoms with Crippen molar-refractivity contribution in [3.8, 4) is 5.75 Å². The first kappa shape index (κ1) is 18.2. The van der Waals surface area contributed by atoms with Crippen LogP contribution in [0.1, 0.15) is 19.4 Å². The van der Waals surface area contributed by atoms with Crippen LogP contribution >= 0.6 is 27.3 Å². The molecule has 1 aliphatic rings. The fraction of sp³-hybridized carbons (Fsp3) is 0.235. The highest BCUT2D eigenvalue weighted by Gasteiger charge is 2.43. The van der Waals surface area contributed by atoms with Crippen molar-refractivity contribution in [1.82, 2.24) is 0 Å². The molecule has 1 aromatic heterocycles. The molecular formula is C17H15BrO5S2. The van der Waals surface area contributed by atoms with Crippen molar-refractivity contribution in [1.29, 1.82) is 0 Å². The first-order valence-corrected chi connectivity index (χ1v) is 10.9. The number of ether oxygens (including phenoxy) is 2. The van der Waals surface area contributed by atoms with Crippen LogP contribution in [-0.4, -0.2) is 26.2 Å². The summed E-state index contributed by atoms with van der Waals surface area (Å²) in [5.74, 6) is 0.0846. The molecule has 0 atom stereocenters. The van der Waals surface area contributed by atoms with Gasteiger partial charge in [-0.1, -0.05) is 12.1 Å². The predicted octanol–water partition coefficient (Wildman–Crippen LogP) is 4.04. The molecule has 2 heterocycles. The normalized spacial score (nSPS) is 16.9. The Morgan fingerprint density at radius 3 is 2.32 bits per heavy atom. The Hall–Kier alpha value is -1.64. The summed E-state index contributed by atoms with van der Waals surface area (Å²) in [5.41, 5.74) is 0.363. The number of thiophene rings is 1. The molecule has 0 radical (unpaired) electrons. The van der Waals surface area contributed by atoms with E-state index in [1.807, 2.05) is 5.38 Å². The molecule has 25 heavy (non-hydrogen) atoms. The minimum atomic E-state index is -3.29. The van der Waals surface area contributed by atoms with Gasteiger partial charge in [0.1, 0.15) is 9.39 Å². The number of cyclic esters (lactones) is 1. The molecule has 0 saturated carbocycles. The van der Waals surface area contributed by atoms with E-state index in [0.29, 0.717) is 16.9 Å². The van der Waals surface area contributed by atoms with Gasteiger partial charge in [0.25, 0.3) is 0 Å². The largest absolute Gasteiger partial charge is 0.449 e. The van der Waals surface area contributed by atoms with Gasteiger partial charge in [-0.3, -0.25) is 0 Å². The summed E-state index contributed by atoms with van der Waals surface area (Å²) in [6.45, 7) is 3.54. The van der Waals surface area contributed by atoms with Crippen molar-refractivity contribution in [3.63, 3.8) is 0 Å². The van der Waals surface area contributed by atoms with Crippen LogP contribution < -0.4 is 4.74 Å². The molecule has 1 aromatic carbocycles. The van der Waals surface area contributed by atoms with Crippen molar-refractivity contribution < 1.29 is 22.7 Å². The zero-order valence-corrected chi connectivity index (χ0v) is 16.9. The number of hydrogen-bond acceptors (Lipinski definition) is 6. The third kappa shape index (κ3) is 3.51. The van der Waals surface area contributed by atoms with Crippen LogP contribution in [0, 0.1) is 0 Å². The van der Waals surface area contributed by atoms with Gasteiger partial charge < -0.3 is 9.47 Å². The predicted molar refractivity (Wildman–Crippen MR) is 99.3 cm³/mol. The Balaban J connectivity index is 2.10. The summed E-state index contributed by atoms with van der Waals surface area (Å²) in [6, 6.07) is 8.08. The van der Waals surface area contributed by atoms with E-state index in [-0.39, 0.29) is 10.7 Å². The lowest BCUT2D eigenvalue weighted by Gasteiger charge is -2.21. The van der Waals surface area contributed by atoms with Crippen molar-refractivity contribution >= 4 is 48.6 Å². The third-order valence-electron chi connectivity index (χ3n) is 3.73. The summed E-state index contributed by atoms with van der Waals surface area (Å²) in [4.78, 5) is 12.5. The van der Waals surface area contributed by atoms with E-state index in [0.717, 1.165) is 10.0 Å². The molecule has 0 N–H and O–H groups in total. The maximum absolute atomic E-state index is 12.3. The molecule has 1 aliphatic heterocycles. The van der Waals surface area contributed by atoms with Gasteiger partial charge in [0, 0.05) is 6.26 Å². The fourth-order valence-corrected chi connectivity index (χ4v) is 4.31. The van der Waals surface area contributed by atoms with Crippen molar-refractivity contribution in [2.45, 2.75) is 24.3 Å². The van der Waals surface area contributed by atoms with E-state index < -0.39 is 21.4 Å². The fourth-order valence-electron chi connectivity index (χ4n) is 2.61. The van der Waals surface area contributed by atoms with Crippen molar-refractivity contribution in [3.05, 3.63) is 50.8 Å². The Kier molecular flexibility index (Phi) is 4.55. The minimum Gasteiger partial charge on any atom is -0.449 e. The lowest BCUT2D eigenvalue weighted by molar-refractivity contribution is -0.145. The molecule has 0 amide bonds. The van der Waals surface area contributed by atoms with E-state index in [4.69, 9.17) is 9.47 Å². The highest BCUT2D eigenvalue weighted by molar-refractivity contribution is 9.11. The SMILES string of the molecule is CC1(C)OC(=O)C(Oc2ccsc2Br)=C1c1ccc(S(C)(=O)=O)cc1. The van der Waals surface area contributed by atoms with Crippen LogP contribution in [0.25, 0.3) is 5.57 Å². The van der Waals surface area contributed by atoms with Crippen LogP contribution in [0.15, 0.2) is 50.2 Å². The lowest BCUT2D eigenvalue weighted by Crippen LogP contribution is -2.22. The van der Waals surface area contributed by atoms with E-state index in [1.165, 1.54) is 23.5 Å². The molecule has 0 bridgehead atoms. The maximum Gasteiger partial charge on any atom is 0.375 e. The van der Waals surface area contributed by atoms with E-state index in [1.54, 1.807) is 32.0 Å². The Labute approximate surface area is 158 Å². The minimum absolute atomic E-state index is 0.108. The molecule has 0 unspecified atom stereocenters. The quantitative estimate of drug-likeness (QED) is 0.668. The Morgan fingerprint density at radius 1 is 1.16 bits per heavy atom. The van der Waals surface area contributed by atoms with Crippen LogP contribution in [0.5, 0.6) is 5.75 Å². The van der Waals surface area contributed by atoms with Gasteiger partial charge in [0.05, 0.1) is 10.5 Å². The summed E-state index contributed by atoms with van der Waals surface area (Å²) in [7, 11) is -3.29. The van der Waals surface area contributed by atoms with Gasteiger partial charge in [-0.05, 0) is 58.9 Å². The van der Waals surface area contributed by atoms with Crippen LogP contribution in [0.3, 0.4) is 0 Å². The molecule has 0 fully saturated rings. The van der Waals surface area contributed by atoms with E-state index in [9.17, 15) is 13.2 Å². The Morgan fingerprint density at radius 2 is 1.80 bits per heavy atom. The zero-order valence-electron chi connectivity index (χ0n) is 13.7. The molecule has 0 aliphatic carbocycles. The zero-order chi connectivity index (χ0) is 18.4. The first-order valence-electron chi connectivity index (χ1n) is 7.29. The second-order valence-corrected chi connectivity index (χ2v) is 10.3. The second-order valence-electron chi connectivity index (χ2n) is 6.06. The number of esters is 1. The molecule has 5 nitrogen and oxygen atoms in total. The summed E-state index contributed by atoms with van der Waals surface area (Å²) in [6.07, 6.45) is 1.15. The second kappa shape index (κ2) is 6.26.